The fourth-order valence-corrected chi connectivity index (χ4v) is 3.93. The Morgan fingerprint density at radius 2 is 2.25 bits per heavy atom. The molecule has 3 aromatic rings. The average Bonchev–Trinajstić information content (AvgIpc) is 3.18. The lowest BCUT2D eigenvalue weighted by Gasteiger charge is -2.30. The van der Waals surface area contributed by atoms with Gasteiger partial charge in [0.15, 0.2) is 5.13 Å². The van der Waals surface area contributed by atoms with Crippen molar-refractivity contribution in [2.75, 3.05) is 5.32 Å². The predicted octanol–water partition coefficient (Wildman–Crippen LogP) is 4.32. The zero-order valence-electron chi connectivity index (χ0n) is 13.6. The van der Waals surface area contributed by atoms with Gasteiger partial charge in [0.1, 0.15) is 0 Å². The lowest BCUT2D eigenvalue weighted by atomic mass is 9.73. The third kappa shape index (κ3) is 2.34. The van der Waals surface area contributed by atoms with Gasteiger partial charge in [-0.15, -0.1) is 11.3 Å². The SMILES string of the molecule is CC1(C)CCC(=N)c2[nH]c3ccc(C(=O)Nc4nccs4)cc3c21. The first kappa shape index (κ1) is 15.1. The number of hydrogen-bond donors (Lipinski definition) is 3. The van der Waals surface area contributed by atoms with E-state index in [2.05, 4.69) is 29.1 Å². The van der Waals surface area contributed by atoms with Gasteiger partial charge in [-0.1, -0.05) is 13.8 Å². The van der Waals surface area contributed by atoms with E-state index < -0.39 is 0 Å². The number of anilines is 1. The minimum atomic E-state index is -0.162. The van der Waals surface area contributed by atoms with Crippen molar-refractivity contribution in [3.63, 3.8) is 0 Å². The fourth-order valence-electron chi connectivity index (χ4n) is 3.40. The van der Waals surface area contributed by atoms with E-state index >= 15 is 0 Å². The van der Waals surface area contributed by atoms with E-state index in [-0.39, 0.29) is 11.3 Å². The first-order chi connectivity index (χ1) is 11.5. The van der Waals surface area contributed by atoms with Gasteiger partial charge >= 0.3 is 0 Å². The van der Waals surface area contributed by atoms with Crippen molar-refractivity contribution < 1.29 is 4.79 Å². The van der Waals surface area contributed by atoms with Crippen molar-refractivity contribution in [3.8, 4) is 0 Å². The summed E-state index contributed by atoms with van der Waals surface area (Å²) < 4.78 is 0. The summed E-state index contributed by atoms with van der Waals surface area (Å²) in [4.78, 5) is 19.9. The predicted molar refractivity (Wildman–Crippen MR) is 97.5 cm³/mol. The van der Waals surface area contributed by atoms with Crippen LogP contribution in [0, 0.1) is 5.41 Å². The molecule has 1 aromatic carbocycles. The third-order valence-corrected chi connectivity index (χ3v) is 5.38. The van der Waals surface area contributed by atoms with Gasteiger partial charge in [0.05, 0.1) is 11.4 Å². The lowest BCUT2D eigenvalue weighted by Crippen LogP contribution is -2.26. The molecule has 1 amide bonds. The second-order valence-electron chi connectivity index (χ2n) is 6.79. The lowest BCUT2D eigenvalue weighted by molar-refractivity contribution is 0.102. The van der Waals surface area contributed by atoms with Gasteiger partial charge in [0, 0.05) is 28.0 Å². The minimum Gasteiger partial charge on any atom is -0.353 e. The van der Waals surface area contributed by atoms with Crippen molar-refractivity contribution in [3.05, 3.63) is 46.6 Å². The van der Waals surface area contributed by atoms with E-state index in [1.165, 1.54) is 11.3 Å². The van der Waals surface area contributed by atoms with Crippen LogP contribution >= 0.6 is 11.3 Å². The van der Waals surface area contributed by atoms with Gasteiger partial charge in [-0.25, -0.2) is 4.98 Å². The molecule has 0 bridgehead atoms. The van der Waals surface area contributed by atoms with Crippen LogP contribution in [-0.4, -0.2) is 21.6 Å². The zero-order chi connectivity index (χ0) is 16.9. The van der Waals surface area contributed by atoms with E-state index in [1.54, 1.807) is 6.20 Å². The molecule has 3 N–H and O–H groups in total. The second-order valence-corrected chi connectivity index (χ2v) is 7.68. The molecule has 0 fully saturated rings. The maximum absolute atomic E-state index is 12.5. The molecule has 0 saturated carbocycles. The number of H-pyrrole nitrogens is 1. The number of nitrogens with one attached hydrogen (secondary N) is 3. The first-order valence-electron chi connectivity index (χ1n) is 7.90. The van der Waals surface area contributed by atoms with E-state index in [9.17, 15) is 4.79 Å². The quantitative estimate of drug-likeness (QED) is 0.650. The Kier molecular flexibility index (Phi) is 3.31. The number of carbonyl (C=O) groups is 1. The molecule has 0 spiro atoms. The molecule has 2 aromatic heterocycles. The van der Waals surface area contributed by atoms with Crippen LogP contribution in [0.2, 0.25) is 0 Å². The fraction of sp³-hybridized carbons (Fsp3) is 0.278. The number of nitrogens with zero attached hydrogens (tertiary/aromatic N) is 1. The van der Waals surface area contributed by atoms with Crippen molar-refractivity contribution in [1.29, 1.82) is 5.41 Å². The summed E-state index contributed by atoms with van der Waals surface area (Å²) in [6.07, 6.45) is 3.39. The average molecular weight is 338 g/mol. The Labute approximate surface area is 143 Å². The number of fused-ring (bicyclic) bond motifs is 3. The summed E-state index contributed by atoms with van der Waals surface area (Å²) in [6.45, 7) is 4.40. The molecule has 6 heteroatoms. The minimum absolute atomic E-state index is 0.0114. The maximum atomic E-state index is 12.5. The Morgan fingerprint density at radius 1 is 1.42 bits per heavy atom. The molecule has 1 aliphatic rings. The monoisotopic (exact) mass is 338 g/mol. The van der Waals surface area contributed by atoms with Gasteiger partial charge in [0.2, 0.25) is 0 Å². The molecule has 4 rings (SSSR count). The van der Waals surface area contributed by atoms with Gasteiger partial charge in [0.25, 0.3) is 5.91 Å². The van der Waals surface area contributed by atoms with Crippen molar-refractivity contribution in [2.24, 2.45) is 0 Å². The highest BCUT2D eigenvalue weighted by atomic mass is 32.1. The summed E-state index contributed by atoms with van der Waals surface area (Å²) in [7, 11) is 0. The van der Waals surface area contributed by atoms with Crippen LogP contribution in [0.25, 0.3) is 10.9 Å². The molecule has 5 nitrogen and oxygen atoms in total. The van der Waals surface area contributed by atoms with Crippen LogP contribution < -0.4 is 5.32 Å². The number of hydrogen-bond acceptors (Lipinski definition) is 4. The number of benzene rings is 1. The van der Waals surface area contributed by atoms with Crippen LogP contribution in [0.4, 0.5) is 5.13 Å². The highest BCUT2D eigenvalue weighted by Gasteiger charge is 2.33. The molecule has 0 saturated heterocycles. The van der Waals surface area contributed by atoms with E-state index in [4.69, 9.17) is 5.41 Å². The van der Waals surface area contributed by atoms with E-state index in [1.807, 2.05) is 23.6 Å². The smallest absolute Gasteiger partial charge is 0.257 e. The second kappa shape index (κ2) is 5.27. The molecule has 24 heavy (non-hydrogen) atoms. The van der Waals surface area contributed by atoms with Gasteiger partial charge in [-0.05, 0) is 42.0 Å². The maximum Gasteiger partial charge on any atom is 0.257 e. The molecule has 0 atom stereocenters. The summed E-state index contributed by atoms with van der Waals surface area (Å²) in [5, 5.41) is 14.5. The highest BCUT2D eigenvalue weighted by molar-refractivity contribution is 7.13. The van der Waals surface area contributed by atoms with Crippen LogP contribution in [0.1, 0.15) is 48.3 Å². The molecular weight excluding hydrogens is 320 g/mol. The highest BCUT2D eigenvalue weighted by Crippen LogP contribution is 2.41. The number of carbonyl (C=O) groups excluding carboxylic acids is 1. The molecular formula is C18H18N4OS. The summed E-state index contributed by atoms with van der Waals surface area (Å²) >= 11 is 1.40. The third-order valence-electron chi connectivity index (χ3n) is 4.69. The molecule has 0 unspecified atom stereocenters. The van der Waals surface area contributed by atoms with Gasteiger partial charge in [-0.2, -0.15) is 0 Å². The van der Waals surface area contributed by atoms with Crippen molar-refractivity contribution in [2.45, 2.75) is 32.1 Å². The standard InChI is InChI=1S/C18H18N4OS/c1-18(2)6-5-12(19)15-14(18)11-9-10(3-4-13(11)21-15)16(23)22-17-20-7-8-24-17/h3-4,7-9,19,21H,5-6H2,1-2H3,(H,20,22,23). The van der Waals surface area contributed by atoms with Crippen molar-refractivity contribution >= 4 is 39.0 Å². The summed E-state index contributed by atoms with van der Waals surface area (Å²) in [5.41, 5.74) is 4.28. The molecule has 1 aliphatic carbocycles. The van der Waals surface area contributed by atoms with E-state index in [0.29, 0.717) is 16.4 Å². The largest absolute Gasteiger partial charge is 0.353 e. The molecule has 0 aliphatic heterocycles. The Bertz CT molecular complexity index is 953. The topological polar surface area (TPSA) is 81.6 Å². The van der Waals surface area contributed by atoms with Gasteiger partial charge < -0.3 is 10.4 Å². The van der Waals surface area contributed by atoms with Crippen LogP contribution in [0.5, 0.6) is 0 Å². The van der Waals surface area contributed by atoms with Crippen LogP contribution in [-0.2, 0) is 5.41 Å². The van der Waals surface area contributed by atoms with Crippen molar-refractivity contribution in [1.82, 2.24) is 9.97 Å². The first-order valence-corrected chi connectivity index (χ1v) is 8.78. The molecule has 2 heterocycles. The Balaban J connectivity index is 1.81. The van der Waals surface area contributed by atoms with Crippen LogP contribution in [0.3, 0.4) is 0 Å². The number of rotatable bonds is 2. The zero-order valence-corrected chi connectivity index (χ0v) is 14.4. The number of thiazole rings is 1. The molecule has 0 radical (unpaired) electrons. The number of amides is 1. The summed E-state index contributed by atoms with van der Waals surface area (Å²) in [5.74, 6) is -0.162. The normalized spacial score (nSPS) is 16.2. The summed E-state index contributed by atoms with van der Waals surface area (Å²) in [6, 6.07) is 5.66. The van der Waals surface area contributed by atoms with E-state index in [0.717, 1.165) is 35.0 Å². The number of aromatic nitrogens is 2. The number of aromatic amines is 1. The molecule has 122 valence electrons. The Morgan fingerprint density at radius 3 is 3.00 bits per heavy atom. The van der Waals surface area contributed by atoms with Gasteiger partial charge in [-0.3, -0.25) is 10.1 Å². The van der Waals surface area contributed by atoms with Crippen LogP contribution in [0.15, 0.2) is 29.8 Å². The Hall–Kier alpha value is -2.47.